The Morgan fingerprint density at radius 1 is 1.00 bits per heavy atom. The number of hydrogen-bond acceptors (Lipinski definition) is 9. The Bertz CT molecular complexity index is 1640. The summed E-state index contributed by atoms with van der Waals surface area (Å²) in [4.78, 5) is 63.1. The van der Waals surface area contributed by atoms with E-state index in [0.717, 1.165) is 36.0 Å². The van der Waals surface area contributed by atoms with Crippen molar-refractivity contribution in [1.82, 2.24) is 36.4 Å². The Balaban J connectivity index is 1.56. The third kappa shape index (κ3) is 9.85. The van der Waals surface area contributed by atoms with E-state index in [1.165, 1.54) is 30.7 Å². The van der Waals surface area contributed by atoms with E-state index in [1.807, 2.05) is 0 Å². The number of ether oxygens (including phenoxy) is 1. The Labute approximate surface area is 278 Å². The monoisotopic (exact) mass is 690 g/mol. The van der Waals surface area contributed by atoms with Crippen molar-refractivity contribution < 1.29 is 37.1 Å². The van der Waals surface area contributed by atoms with Crippen LogP contribution in [0.1, 0.15) is 75.9 Å². The zero-order valence-electron chi connectivity index (χ0n) is 26.8. The number of carbonyl (C=O) groups is 4. The first kappa shape index (κ1) is 36.0. The lowest BCUT2D eigenvalue weighted by Crippen LogP contribution is -2.56. The summed E-state index contributed by atoms with van der Waals surface area (Å²) in [6.07, 6.45) is 2.76. The van der Waals surface area contributed by atoms with Gasteiger partial charge in [0.05, 0.1) is 5.56 Å². The lowest BCUT2D eigenvalue weighted by atomic mass is 9.83. The number of alkyl halides is 3. The van der Waals surface area contributed by atoms with Crippen LogP contribution < -0.4 is 26.8 Å². The normalized spacial score (nSPS) is 14.4. The lowest BCUT2D eigenvalue weighted by molar-refractivity contribution is -0.140. The van der Waals surface area contributed by atoms with Crippen LogP contribution in [-0.2, 0) is 15.7 Å². The first-order valence-electron chi connectivity index (χ1n) is 15.3. The van der Waals surface area contributed by atoms with Crippen LogP contribution in [0, 0.1) is 5.92 Å². The molecule has 3 aromatic heterocycles. The molecule has 258 valence electrons. The first-order valence-corrected chi connectivity index (χ1v) is 16.2. The van der Waals surface area contributed by atoms with Gasteiger partial charge in [0.2, 0.25) is 0 Å². The number of thiazole rings is 1. The van der Waals surface area contributed by atoms with Gasteiger partial charge in [0, 0.05) is 47.2 Å². The van der Waals surface area contributed by atoms with Gasteiger partial charge in [-0.2, -0.15) is 13.2 Å². The fourth-order valence-electron chi connectivity index (χ4n) is 5.06. The van der Waals surface area contributed by atoms with E-state index in [2.05, 4.69) is 41.8 Å². The number of amides is 5. The summed E-state index contributed by atoms with van der Waals surface area (Å²) in [5.74, 6) is -1.47. The molecular formula is C31H37F3N8O5S. The number of hydrazine groups is 1. The number of hydrogen-bond donors (Lipinski definition) is 5. The fraction of sp³-hybridized carbons (Fsp3) is 0.452. The van der Waals surface area contributed by atoms with Gasteiger partial charge >= 0.3 is 18.3 Å². The highest BCUT2D eigenvalue weighted by Crippen LogP contribution is 2.38. The molecule has 5 N–H and O–H groups in total. The fourth-order valence-corrected chi connectivity index (χ4v) is 5.92. The number of nitrogens with zero attached hydrogens (tertiary/aromatic N) is 3. The predicted octanol–water partition coefficient (Wildman–Crippen LogP) is 5.66. The van der Waals surface area contributed by atoms with Gasteiger partial charge in [-0.15, -0.1) is 11.3 Å². The Morgan fingerprint density at radius 2 is 1.73 bits per heavy atom. The van der Waals surface area contributed by atoms with Crippen LogP contribution in [0.5, 0.6) is 0 Å². The van der Waals surface area contributed by atoms with Crippen LogP contribution in [0.3, 0.4) is 0 Å². The molecule has 0 spiro atoms. The van der Waals surface area contributed by atoms with Crippen molar-refractivity contribution in [2.45, 2.75) is 77.6 Å². The molecule has 1 aliphatic rings. The second kappa shape index (κ2) is 15.4. The van der Waals surface area contributed by atoms with E-state index in [-0.39, 0.29) is 33.4 Å². The Morgan fingerprint density at radius 3 is 2.38 bits per heavy atom. The van der Waals surface area contributed by atoms with Crippen LogP contribution in [0.25, 0.3) is 21.7 Å². The van der Waals surface area contributed by atoms with E-state index in [1.54, 1.807) is 27.7 Å². The van der Waals surface area contributed by atoms with Crippen molar-refractivity contribution in [3.05, 3.63) is 47.4 Å². The average Bonchev–Trinajstić information content (AvgIpc) is 3.53. The van der Waals surface area contributed by atoms with E-state index >= 15 is 0 Å². The van der Waals surface area contributed by atoms with Crippen LogP contribution >= 0.6 is 11.3 Å². The molecule has 1 saturated carbocycles. The minimum atomic E-state index is -4.67. The quantitative estimate of drug-likeness (QED) is 0.188. The molecule has 0 unspecified atom stereocenters. The number of nitrogens with one attached hydrogen (secondary N) is 5. The summed E-state index contributed by atoms with van der Waals surface area (Å²) < 4.78 is 45.5. The molecule has 48 heavy (non-hydrogen) atoms. The van der Waals surface area contributed by atoms with Crippen molar-refractivity contribution in [1.29, 1.82) is 0 Å². The standard InChI is InChI=1S/C31H37F3N8O5S/c1-5-36-28(45)39-23-12-20(27-38-22(16-48-27)31(32,33)34)21(15-37-23)18-11-19(14-35-13-18)25(43)41-42-26(44)24(17-9-7-6-8-10-17)40-29(46)47-30(2,3)4/h11-17,24H,5-10H2,1-4H3,(H,40,46)(H,41,43)(H,42,44)(H2,36,37,39,45)/t24-/m0/s1. The van der Waals surface area contributed by atoms with Gasteiger partial charge in [-0.25, -0.2) is 19.6 Å². The summed E-state index contributed by atoms with van der Waals surface area (Å²) in [6, 6.07) is 1.28. The molecule has 0 aromatic carbocycles. The van der Waals surface area contributed by atoms with Crippen LogP contribution in [-0.4, -0.2) is 57.1 Å². The maximum absolute atomic E-state index is 13.4. The molecule has 17 heteroatoms. The SMILES string of the molecule is CCNC(=O)Nc1cc(-c2nc(C(F)(F)F)cs2)c(-c2cncc(C(=O)NNC(=O)[C@@H](NC(=O)OC(C)(C)C)C3CCCCC3)c2)cn1. The molecule has 0 saturated heterocycles. The maximum atomic E-state index is 13.4. The van der Waals surface area contributed by atoms with Crippen molar-refractivity contribution in [3.63, 3.8) is 0 Å². The van der Waals surface area contributed by atoms with Gasteiger partial charge in [0.1, 0.15) is 22.5 Å². The topological polar surface area (TPSA) is 176 Å². The minimum absolute atomic E-state index is 0.00714. The summed E-state index contributed by atoms with van der Waals surface area (Å²) in [7, 11) is 0. The number of alkyl carbamates (subject to hydrolysis) is 1. The van der Waals surface area contributed by atoms with Crippen molar-refractivity contribution in [2.75, 3.05) is 11.9 Å². The van der Waals surface area contributed by atoms with E-state index in [0.29, 0.717) is 24.9 Å². The molecule has 1 fully saturated rings. The first-order chi connectivity index (χ1) is 22.6. The zero-order valence-corrected chi connectivity index (χ0v) is 27.6. The largest absolute Gasteiger partial charge is 0.444 e. The molecule has 4 rings (SSSR count). The van der Waals surface area contributed by atoms with Crippen molar-refractivity contribution in [2.24, 2.45) is 5.92 Å². The second-order valence-electron chi connectivity index (χ2n) is 12.1. The van der Waals surface area contributed by atoms with Gasteiger partial charge in [-0.05, 0) is 58.6 Å². The highest BCUT2D eigenvalue weighted by molar-refractivity contribution is 7.13. The molecule has 1 aliphatic carbocycles. The second-order valence-corrected chi connectivity index (χ2v) is 12.9. The number of anilines is 1. The average molecular weight is 691 g/mol. The predicted molar refractivity (Wildman–Crippen MR) is 172 cm³/mol. The number of halogens is 3. The van der Waals surface area contributed by atoms with Gasteiger partial charge in [0.15, 0.2) is 5.69 Å². The van der Waals surface area contributed by atoms with Crippen molar-refractivity contribution in [3.8, 4) is 21.7 Å². The molecule has 5 amide bonds. The Kier molecular flexibility index (Phi) is 11.6. The Hall–Kier alpha value is -4.80. The minimum Gasteiger partial charge on any atom is -0.444 e. The molecule has 3 heterocycles. The van der Waals surface area contributed by atoms with Gasteiger partial charge in [-0.3, -0.25) is 30.7 Å². The highest BCUT2D eigenvalue weighted by Gasteiger charge is 2.35. The summed E-state index contributed by atoms with van der Waals surface area (Å²) in [5.41, 5.74) is 3.67. The van der Waals surface area contributed by atoms with E-state index in [9.17, 15) is 32.3 Å². The van der Waals surface area contributed by atoms with Gasteiger partial charge in [0.25, 0.3) is 11.8 Å². The van der Waals surface area contributed by atoms with Crippen LogP contribution in [0.4, 0.5) is 28.6 Å². The zero-order chi connectivity index (χ0) is 35.1. The summed E-state index contributed by atoms with van der Waals surface area (Å²) >= 11 is 0.746. The van der Waals surface area contributed by atoms with Crippen molar-refractivity contribution >= 4 is 41.1 Å². The number of aromatic nitrogens is 3. The van der Waals surface area contributed by atoms with Crippen LogP contribution in [0.15, 0.2) is 36.1 Å². The molecule has 3 aromatic rings. The van der Waals surface area contributed by atoms with Gasteiger partial charge < -0.3 is 15.4 Å². The molecule has 13 nitrogen and oxygen atoms in total. The molecule has 0 radical (unpaired) electrons. The maximum Gasteiger partial charge on any atom is 0.434 e. The molecular weight excluding hydrogens is 653 g/mol. The summed E-state index contributed by atoms with van der Waals surface area (Å²) in [5, 5.41) is 8.58. The number of rotatable bonds is 8. The van der Waals surface area contributed by atoms with Crippen LogP contribution in [0.2, 0.25) is 0 Å². The van der Waals surface area contributed by atoms with E-state index in [4.69, 9.17) is 4.74 Å². The highest BCUT2D eigenvalue weighted by atomic mass is 32.1. The molecule has 0 aliphatic heterocycles. The van der Waals surface area contributed by atoms with E-state index < -0.39 is 47.5 Å². The third-order valence-corrected chi connectivity index (χ3v) is 8.07. The number of urea groups is 1. The number of carbonyl (C=O) groups excluding carboxylic acids is 4. The molecule has 0 bridgehead atoms. The smallest absolute Gasteiger partial charge is 0.434 e. The number of pyridine rings is 2. The molecule has 1 atom stereocenters. The summed E-state index contributed by atoms with van der Waals surface area (Å²) in [6.45, 7) is 7.17. The lowest BCUT2D eigenvalue weighted by Gasteiger charge is -2.30. The third-order valence-electron chi connectivity index (χ3n) is 7.19. The van der Waals surface area contributed by atoms with Gasteiger partial charge in [-0.1, -0.05) is 19.3 Å².